The highest BCUT2D eigenvalue weighted by Crippen LogP contribution is 2.35. The predicted octanol–water partition coefficient (Wildman–Crippen LogP) is 5.66. The number of nitrogens with one attached hydrogen (secondary N) is 1. The van der Waals surface area contributed by atoms with Crippen LogP contribution in [0.3, 0.4) is 0 Å². The number of H-pyrrole nitrogens is 1. The number of rotatable bonds is 3. The van der Waals surface area contributed by atoms with Crippen molar-refractivity contribution in [2.75, 3.05) is 24.5 Å². The highest BCUT2D eigenvalue weighted by atomic mass is 16.2. The SMILES string of the molecule is Cc1cn2nc([C@@H]3CCCCN3C(=O)c3[nH]c4c(C)ccc(C)c4c3C)cc2nc1N1CC[C@H](C)C1. The third-order valence-electron chi connectivity index (χ3n) is 8.29. The molecule has 0 aliphatic carbocycles. The second kappa shape index (κ2) is 8.64. The van der Waals surface area contributed by atoms with Crippen LogP contribution in [-0.2, 0) is 0 Å². The average Bonchev–Trinajstić information content (AvgIpc) is 3.57. The minimum Gasteiger partial charge on any atom is -0.356 e. The van der Waals surface area contributed by atoms with E-state index in [4.69, 9.17) is 10.1 Å². The molecule has 0 unspecified atom stereocenters. The molecule has 2 fully saturated rings. The zero-order valence-electron chi connectivity index (χ0n) is 22.1. The van der Waals surface area contributed by atoms with Gasteiger partial charge in [-0.2, -0.15) is 5.10 Å². The second-order valence-corrected chi connectivity index (χ2v) is 11.0. The first-order valence-electron chi connectivity index (χ1n) is 13.3. The number of carbonyl (C=O) groups is 1. The maximum absolute atomic E-state index is 14.0. The number of benzene rings is 1. The number of anilines is 1. The van der Waals surface area contributed by atoms with E-state index in [0.29, 0.717) is 11.6 Å². The van der Waals surface area contributed by atoms with Crippen LogP contribution in [0.1, 0.15) is 77.1 Å². The van der Waals surface area contributed by atoms with E-state index in [2.05, 4.69) is 68.9 Å². The Kier molecular flexibility index (Phi) is 5.54. The highest BCUT2D eigenvalue weighted by Gasteiger charge is 2.33. The number of piperidine rings is 1. The van der Waals surface area contributed by atoms with Gasteiger partial charge < -0.3 is 14.8 Å². The van der Waals surface area contributed by atoms with E-state index in [-0.39, 0.29) is 11.9 Å². The van der Waals surface area contributed by atoms with Gasteiger partial charge in [-0.3, -0.25) is 4.79 Å². The molecule has 3 aromatic heterocycles. The molecule has 188 valence electrons. The van der Waals surface area contributed by atoms with Crippen molar-refractivity contribution < 1.29 is 4.79 Å². The molecule has 2 aliphatic rings. The summed E-state index contributed by atoms with van der Waals surface area (Å²) in [4.78, 5) is 26.9. The fraction of sp³-hybridized carbons (Fsp3) is 0.483. The molecule has 2 aliphatic heterocycles. The van der Waals surface area contributed by atoms with E-state index in [1.54, 1.807) is 0 Å². The summed E-state index contributed by atoms with van der Waals surface area (Å²) in [7, 11) is 0. The summed E-state index contributed by atoms with van der Waals surface area (Å²) in [6.45, 7) is 13.5. The van der Waals surface area contributed by atoms with Gasteiger partial charge in [0.1, 0.15) is 11.5 Å². The van der Waals surface area contributed by atoms with Crippen LogP contribution in [-0.4, -0.2) is 50.0 Å². The van der Waals surface area contributed by atoms with Crippen LogP contribution in [0.25, 0.3) is 16.6 Å². The van der Waals surface area contributed by atoms with Crippen molar-refractivity contribution >= 4 is 28.3 Å². The maximum atomic E-state index is 14.0. The molecular formula is C29H36N6O. The molecule has 1 aromatic carbocycles. The molecule has 2 saturated heterocycles. The molecule has 7 nitrogen and oxygen atoms in total. The van der Waals surface area contributed by atoms with Crippen LogP contribution in [0, 0.1) is 33.6 Å². The Balaban J connectivity index is 1.36. The maximum Gasteiger partial charge on any atom is 0.271 e. The van der Waals surface area contributed by atoms with Crippen molar-refractivity contribution in [2.24, 2.45) is 5.92 Å². The van der Waals surface area contributed by atoms with E-state index in [9.17, 15) is 4.79 Å². The van der Waals surface area contributed by atoms with Gasteiger partial charge in [0.25, 0.3) is 5.91 Å². The van der Waals surface area contributed by atoms with E-state index in [1.165, 1.54) is 17.4 Å². The summed E-state index contributed by atoms with van der Waals surface area (Å²) in [5.74, 6) is 1.83. The fourth-order valence-corrected chi connectivity index (χ4v) is 6.27. The first-order valence-corrected chi connectivity index (χ1v) is 13.3. The van der Waals surface area contributed by atoms with Crippen LogP contribution in [0.5, 0.6) is 0 Å². The zero-order valence-corrected chi connectivity index (χ0v) is 22.1. The Labute approximate surface area is 212 Å². The van der Waals surface area contributed by atoms with E-state index < -0.39 is 0 Å². The second-order valence-electron chi connectivity index (χ2n) is 11.0. The predicted molar refractivity (Wildman–Crippen MR) is 144 cm³/mol. The molecule has 36 heavy (non-hydrogen) atoms. The number of carbonyl (C=O) groups excluding carboxylic acids is 1. The van der Waals surface area contributed by atoms with Crippen molar-refractivity contribution in [1.82, 2.24) is 24.5 Å². The van der Waals surface area contributed by atoms with Gasteiger partial charge in [0, 0.05) is 48.4 Å². The number of amides is 1. The monoisotopic (exact) mass is 484 g/mol. The Morgan fingerprint density at radius 2 is 1.83 bits per heavy atom. The van der Waals surface area contributed by atoms with Crippen molar-refractivity contribution in [2.45, 2.75) is 66.3 Å². The minimum absolute atomic E-state index is 0.0449. The summed E-state index contributed by atoms with van der Waals surface area (Å²) >= 11 is 0. The molecule has 0 radical (unpaired) electrons. The lowest BCUT2D eigenvalue weighted by atomic mass is 9.98. The smallest absolute Gasteiger partial charge is 0.271 e. The molecule has 2 atom stereocenters. The Morgan fingerprint density at radius 3 is 2.58 bits per heavy atom. The molecular weight excluding hydrogens is 448 g/mol. The van der Waals surface area contributed by atoms with Crippen LogP contribution in [0.15, 0.2) is 24.4 Å². The number of hydrogen-bond donors (Lipinski definition) is 1. The summed E-state index contributed by atoms with van der Waals surface area (Å²) in [6, 6.07) is 6.30. The average molecular weight is 485 g/mol. The van der Waals surface area contributed by atoms with Crippen LogP contribution in [0.4, 0.5) is 5.82 Å². The zero-order chi connectivity index (χ0) is 25.1. The number of likely N-dealkylation sites (tertiary alicyclic amines) is 1. The third-order valence-corrected chi connectivity index (χ3v) is 8.29. The van der Waals surface area contributed by atoms with Crippen molar-refractivity contribution in [1.29, 1.82) is 0 Å². The summed E-state index contributed by atoms with van der Waals surface area (Å²) in [5, 5.41) is 6.10. The quantitative estimate of drug-likeness (QED) is 0.407. The summed E-state index contributed by atoms with van der Waals surface area (Å²) in [5.41, 5.74) is 8.11. The van der Waals surface area contributed by atoms with E-state index >= 15 is 0 Å². The lowest BCUT2D eigenvalue weighted by Gasteiger charge is -2.34. The Morgan fingerprint density at radius 1 is 1.03 bits per heavy atom. The molecule has 1 N–H and O–H groups in total. The fourth-order valence-electron chi connectivity index (χ4n) is 6.27. The topological polar surface area (TPSA) is 69.5 Å². The van der Waals surface area contributed by atoms with Crippen molar-refractivity contribution in [3.05, 3.63) is 58.0 Å². The van der Waals surface area contributed by atoms with Gasteiger partial charge in [-0.25, -0.2) is 9.50 Å². The van der Waals surface area contributed by atoms with Crippen LogP contribution in [0.2, 0.25) is 0 Å². The van der Waals surface area contributed by atoms with E-state index in [1.807, 2.05) is 9.42 Å². The molecule has 0 spiro atoms. The summed E-state index contributed by atoms with van der Waals surface area (Å²) < 4.78 is 1.89. The Hall–Kier alpha value is -3.35. The standard InChI is InChI=1S/C29H36N6O/c1-17-11-13-33(15-17)28-20(4)16-35-24(30-28)14-22(32-35)23-8-6-7-12-34(23)29(36)27-21(5)25-18(2)9-10-19(3)26(25)31-27/h9-10,14,16-17,23,31H,6-8,11-13,15H2,1-5H3/t17-,23-/m0/s1. The molecule has 6 rings (SSSR count). The first-order chi connectivity index (χ1) is 17.3. The number of aromatic nitrogens is 4. The minimum atomic E-state index is -0.0449. The van der Waals surface area contributed by atoms with Crippen molar-refractivity contribution in [3.8, 4) is 0 Å². The number of nitrogens with zero attached hydrogens (tertiary/aromatic N) is 5. The van der Waals surface area contributed by atoms with Crippen LogP contribution < -0.4 is 4.90 Å². The lowest BCUT2D eigenvalue weighted by Crippen LogP contribution is -2.39. The largest absolute Gasteiger partial charge is 0.356 e. The van der Waals surface area contributed by atoms with Gasteiger partial charge in [-0.15, -0.1) is 0 Å². The molecule has 4 aromatic rings. The molecule has 7 heteroatoms. The van der Waals surface area contributed by atoms with Gasteiger partial charge in [0.05, 0.1) is 11.7 Å². The van der Waals surface area contributed by atoms with Gasteiger partial charge >= 0.3 is 0 Å². The summed E-state index contributed by atoms with van der Waals surface area (Å²) in [6.07, 6.45) is 6.33. The number of fused-ring (bicyclic) bond motifs is 2. The number of aryl methyl sites for hydroxylation is 4. The lowest BCUT2D eigenvalue weighted by molar-refractivity contribution is 0.0600. The molecule has 1 amide bonds. The Bertz CT molecular complexity index is 1480. The number of hydrogen-bond acceptors (Lipinski definition) is 4. The van der Waals surface area contributed by atoms with Crippen LogP contribution >= 0.6 is 0 Å². The van der Waals surface area contributed by atoms with Gasteiger partial charge in [-0.05, 0) is 76.0 Å². The number of aromatic amines is 1. The third kappa shape index (κ3) is 3.67. The molecule has 0 bridgehead atoms. The van der Waals surface area contributed by atoms with Gasteiger partial charge in [0.2, 0.25) is 0 Å². The molecule has 0 saturated carbocycles. The van der Waals surface area contributed by atoms with Gasteiger partial charge in [-0.1, -0.05) is 19.1 Å². The first kappa shape index (κ1) is 23.1. The highest BCUT2D eigenvalue weighted by molar-refractivity contribution is 6.02. The molecule has 5 heterocycles. The normalized spacial score (nSPS) is 20.7. The van der Waals surface area contributed by atoms with E-state index in [0.717, 1.165) is 78.3 Å². The van der Waals surface area contributed by atoms with Gasteiger partial charge in [0.15, 0.2) is 5.65 Å². The van der Waals surface area contributed by atoms with Crippen molar-refractivity contribution in [3.63, 3.8) is 0 Å².